The first-order chi connectivity index (χ1) is 32.3. The molecule has 0 bridgehead atoms. The van der Waals surface area contributed by atoms with Gasteiger partial charge in [-0.2, -0.15) is 10.5 Å². The van der Waals surface area contributed by atoms with Crippen LogP contribution in [0.4, 0.5) is 17.1 Å². The van der Waals surface area contributed by atoms with Gasteiger partial charge in [0, 0.05) is 16.8 Å². The van der Waals surface area contributed by atoms with E-state index in [-0.39, 0.29) is 22.7 Å². The molecule has 2 aliphatic carbocycles. The Hall–Kier alpha value is -6.42. The van der Waals surface area contributed by atoms with E-state index < -0.39 is 0 Å². The third-order valence-corrected chi connectivity index (χ3v) is 15.9. The van der Waals surface area contributed by atoms with Gasteiger partial charge in [0.1, 0.15) is 0 Å². The van der Waals surface area contributed by atoms with Gasteiger partial charge in [0.05, 0.1) is 29.0 Å². The molecule has 0 aromatic heterocycles. The Morgan fingerprint density at radius 3 is 1.46 bits per heavy atom. The molecule has 0 radical (unpaired) electrons. The molecule has 2 atom stereocenters. The van der Waals surface area contributed by atoms with Crippen molar-refractivity contribution < 1.29 is 0 Å². The second-order valence-electron chi connectivity index (χ2n) is 22.1. The molecule has 0 heterocycles. The maximum absolute atomic E-state index is 9.88. The Bertz CT molecular complexity index is 3130. The van der Waals surface area contributed by atoms with Gasteiger partial charge in [0.15, 0.2) is 0 Å². The summed E-state index contributed by atoms with van der Waals surface area (Å²) in [4.78, 5) is 2.46. The van der Waals surface area contributed by atoms with Crippen LogP contribution in [0.3, 0.4) is 0 Å². The van der Waals surface area contributed by atoms with Crippen molar-refractivity contribution in [3.8, 4) is 12.1 Å². The molecule has 0 saturated heterocycles. The van der Waals surface area contributed by atoms with Gasteiger partial charge in [0.2, 0.25) is 0 Å². The van der Waals surface area contributed by atoms with Crippen LogP contribution in [0.5, 0.6) is 0 Å². The lowest BCUT2D eigenvalue weighted by Gasteiger charge is -2.32. The molecule has 0 amide bonds. The van der Waals surface area contributed by atoms with Crippen LogP contribution in [0.15, 0.2) is 133 Å². The smallest absolute Gasteiger partial charge is 0.0991 e. The lowest BCUT2D eigenvalue weighted by atomic mass is 9.74. The number of nitrogens with zero attached hydrogens (tertiary/aromatic N) is 3. The van der Waals surface area contributed by atoms with Crippen LogP contribution in [-0.2, 0) is 17.3 Å². The SMILES string of the molecule is CC(c1cc(C2CCCC2)c2ccc3c(N(c4ccc(C#N)cc4)c4ccc(C(C)(C)C)cc4)cc(C4CCCC4)c4ccc1c2c43)C(Cc1ccc(C(C)(C)C)cc1)c1ccc(C#N)cc1. The van der Waals surface area contributed by atoms with E-state index >= 15 is 0 Å². The summed E-state index contributed by atoms with van der Waals surface area (Å²) in [5, 5.41) is 28.0. The van der Waals surface area contributed by atoms with Crippen LogP contribution in [0.1, 0.15) is 174 Å². The number of hydrogen-bond donors (Lipinski definition) is 0. The van der Waals surface area contributed by atoms with Crippen molar-refractivity contribution >= 4 is 49.4 Å². The van der Waals surface area contributed by atoms with E-state index in [1.807, 2.05) is 24.3 Å². The summed E-state index contributed by atoms with van der Waals surface area (Å²) in [7, 11) is 0. The molecule has 3 heteroatoms. The zero-order valence-electron chi connectivity index (χ0n) is 40.7. The fourth-order valence-electron chi connectivity index (χ4n) is 12.0. The molecule has 0 aliphatic heterocycles. The second-order valence-corrected chi connectivity index (χ2v) is 22.1. The zero-order valence-corrected chi connectivity index (χ0v) is 40.7. The highest BCUT2D eigenvalue weighted by Crippen LogP contribution is 2.53. The first kappa shape index (κ1) is 44.4. The van der Waals surface area contributed by atoms with Gasteiger partial charge in [-0.15, -0.1) is 0 Å². The Balaban J connectivity index is 1.24. The van der Waals surface area contributed by atoms with Gasteiger partial charge in [-0.1, -0.05) is 153 Å². The van der Waals surface area contributed by atoms with Crippen LogP contribution in [0.2, 0.25) is 0 Å². The maximum atomic E-state index is 9.88. The van der Waals surface area contributed by atoms with E-state index in [2.05, 4.69) is 175 Å². The van der Waals surface area contributed by atoms with Crippen LogP contribution in [0.25, 0.3) is 32.3 Å². The zero-order chi connectivity index (χ0) is 46.6. The average molecular weight is 876 g/mol. The minimum atomic E-state index is 0.0301. The van der Waals surface area contributed by atoms with Crippen molar-refractivity contribution in [1.29, 1.82) is 10.5 Å². The molecule has 0 N–H and O–H groups in total. The normalized spacial score (nSPS) is 15.9. The number of benzene rings is 8. The van der Waals surface area contributed by atoms with Crippen molar-refractivity contribution in [3.05, 3.63) is 184 Å². The van der Waals surface area contributed by atoms with Crippen molar-refractivity contribution in [2.45, 2.75) is 141 Å². The summed E-state index contributed by atoms with van der Waals surface area (Å²) in [5.41, 5.74) is 14.5. The molecule has 2 aliphatic rings. The van der Waals surface area contributed by atoms with Crippen molar-refractivity contribution in [3.63, 3.8) is 0 Å². The predicted molar refractivity (Wildman–Crippen MR) is 282 cm³/mol. The second kappa shape index (κ2) is 17.7. The summed E-state index contributed by atoms with van der Waals surface area (Å²) in [6, 6.07) is 54.9. The maximum Gasteiger partial charge on any atom is 0.0991 e. The molecule has 8 aromatic carbocycles. The Labute approximate surface area is 399 Å². The molecule has 67 heavy (non-hydrogen) atoms. The summed E-state index contributed by atoms with van der Waals surface area (Å²) in [6.07, 6.45) is 10.9. The van der Waals surface area contributed by atoms with Crippen molar-refractivity contribution in [2.24, 2.45) is 0 Å². The standard InChI is InChI=1S/C64H65N3/c1-41(56(47-22-16-43(39-65)17-23-47)36-42-18-24-48(25-19-42)63(2,3)4)57-37-58(45-12-8-9-13-45)53-34-35-55-60(38-59(46-14-10-11-15-46)54-33-32-52(57)61(53)62(54)55)67(50-28-20-44(40-66)21-29-50)51-30-26-49(27-31-51)64(5,6)7/h16-35,37-38,41,45-46,56H,8-15,36H2,1-7H3. The first-order valence-electron chi connectivity index (χ1n) is 25.1. The summed E-state index contributed by atoms with van der Waals surface area (Å²) in [5.74, 6) is 1.40. The van der Waals surface area contributed by atoms with Gasteiger partial charge in [-0.05, 0) is 187 Å². The van der Waals surface area contributed by atoms with E-state index in [9.17, 15) is 10.5 Å². The van der Waals surface area contributed by atoms with Gasteiger partial charge < -0.3 is 4.90 Å². The number of hydrogen-bond acceptors (Lipinski definition) is 3. The Morgan fingerprint density at radius 1 is 0.522 bits per heavy atom. The highest BCUT2D eigenvalue weighted by Gasteiger charge is 2.31. The Kier molecular flexibility index (Phi) is 11.7. The molecule has 2 fully saturated rings. The summed E-state index contributed by atoms with van der Waals surface area (Å²) in [6.45, 7) is 16.2. The van der Waals surface area contributed by atoms with Crippen LogP contribution in [-0.4, -0.2) is 0 Å². The minimum Gasteiger partial charge on any atom is -0.310 e. The molecular weight excluding hydrogens is 811 g/mol. The van der Waals surface area contributed by atoms with E-state index in [1.54, 1.807) is 0 Å². The van der Waals surface area contributed by atoms with Crippen molar-refractivity contribution in [1.82, 2.24) is 0 Å². The fourth-order valence-corrected chi connectivity index (χ4v) is 12.0. The van der Waals surface area contributed by atoms with E-state index in [0.717, 1.165) is 17.8 Å². The lowest BCUT2D eigenvalue weighted by molar-refractivity contribution is 0.571. The van der Waals surface area contributed by atoms with E-state index in [1.165, 1.54) is 128 Å². The lowest BCUT2D eigenvalue weighted by Crippen LogP contribution is -2.15. The topological polar surface area (TPSA) is 50.8 Å². The quantitative estimate of drug-likeness (QED) is 0.129. The summed E-state index contributed by atoms with van der Waals surface area (Å²) >= 11 is 0. The minimum absolute atomic E-state index is 0.0301. The third kappa shape index (κ3) is 8.37. The third-order valence-electron chi connectivity index (χ3n) is 15.9. The van der Waals surface area contributed by atoms with Crippen LogP contribution < -0.4 is 4.90 Å². The van der Waals surface area contributed by atoms with E-state index in [0.29, 0.717) is 23.0 Å². The molecule has 8 aromatic rings. The predicted octanol–water partition coefficient (Wildman–Crippen LogP) is 17.8. The van der Waals surface area contributed by atoms with Gasteiger partial charge >= 0.3 is 0 Å². The van der Waals surface area contributed by atoms with Gasteiger partial charge in [-0.25, -0.2) is 0 Å². The molecule has 336 valence electrons. The van der Waals surface area contributed by atoms with E-state index in [4.69, 9.17) is 0 Å². The number of anilines is 3. The molecule has 10 rings (SSSR count). The molecule has 3 nitrogen and oxygen atoms in total. The van der Waals surface area contributed by atoms with Crippen LogP contribution >= 0.6 is 0 Å². The van der Waals surface area contributed by atoms with Gasteiger partial charge in [-0.3, -0.25) is 0 Å². The highest BCUT2D eigenvalue weighted by atomic mass is 15.1. The summed E-state index contributed by atoms with van der Waals surface area (Å²) < 4.78 is 0. The number of nitriles is 2. The molecule has 2 unspecified atom stereocenters. The average Bonchev–Trinajstić information content (AvgIpc) is 4.09. The van der Waals surface area contributed by atoms with Gasteiger partial charge in [0.25, 0.3) is 0 Å². The Morgan fingerprint density at radius 2 is 0.955 bits per heavy atom. The molecule has 2 saturated carbocycles. The molecule has 0 spiro atoms. The monoisotopic (exact) mass is 876 g/mol. The first-order valence-corrected chi connectivity index (χ1v) is 25.1. The fraction of sp³-hybridized carbons (Fsp3) is 0.344. The number of rotatable bonds is 10. The van der Waals surface area contributed by atoms with Crippen molar-refractivity contribution in [2.75, 3.05) is 4.90 Å². The van der Waals surface area contributed by atoms with Crippen LogP contribution in [0, 0.1) is 22.7 Å². The highest BCUT2D eigenvalue weighted by molar-refractivity contribution is 6.27. The largest absolute Gasteiger partial charge is 0.310 e. The molecular formula is C64H65N3.